The number of nitrogens with zero attached hydrogens (tertiary/aromatic N) is 4. The van der Waals surface area contributed by atoms with Crippen LogP contribution in [0, 0.1) is 18.8 Å². The second-order valence-corrected chi connectivity index (χ2v) is 7.83. The van der Waals surface area contributed by atoms with Crippen molar-refractivity contribution in [3.05, 3.63) is 11.6 Å². The van der Waals surface area contributed by atoms with Crippen LogP contribution in [0.5, 0.6) is 0 Å². The largest absolute Gasteiger partial charge is 0.344 e. The summed E-state index contributed by atoms with van der Waals surface area (Å²) >= 11 is 0. The number of carbonyl (C=O) groups excluding carboxylic acids is 2. The van der Waals surface area contributed by atoms with Crippen LogP contribution >= 0.6 is 0 Å². The van der Waals surface area contributed by atoms with Crippen LogP contribution < -0.4 is 5.32 Å². The van der Waals surface area contributed by atoms with E-state index in [1.54, 1.807) is 0 Å². The van der Waals surface area contributed by atoms with Crippen molar-refractivity contribution in [2.24, 2.45) is 11.8 Å². The minimum absolute atomic E-state index is 0.0190. The standard InChI is InChI=1S/C18H32N6O2/c1-12(2)10-16(25)20-17(13(3)4)18(26)24-8-6-23(7-9-24)11-15-19-14(5)21-22-15/h12-13,17H,6-11H2,1-5H3,(H,20,25)(H,19,21,22)/t17-/m0/s1. The van der Waals surface area contributed by atoms with Gasteiger partial charge < -0.3 is 10.2 Å². The predicted octanol–water partition coefficient (Wildman–Crippen LogP) is 0.944. The summed E-state index contributed by atoms with van der Waals surface area (Å²) in [5.41, 5.74) is 0. The van der Waals surface area contributed by atoms with Gasteiger partial charge in [0.05, 0.1) is 6.54 Å². The van der Waals surface area contributed by atoms with Crippen LogP contribution in [0.25, 0.3) is 0 Å². The number of hydrogen-bond acceptors (Lipinski definition) is 5. The average molecular weight is 364 g/mol. The van der Waals surface area contributed by atoms with Gasteiger partial charge >= 0.3 is 0 Å². The van der Waals surface area contributed by atoms with Crippen LogP contribution in [0.1, 0.15) is 45.8 Å². The summed E-state index contributed by atoms with van der Waals surface area (Å²) in [6.45, 7) is 13.4. The monoisotopic (exact) mass is 364 g/mol. The van der Waals surface area contributed by atoms with Gasteiger partial charge in [0, 0.05) is 32.6 Å². The van der Waals surface area contributed by atoms with Gasteiger partial charge in [-0.05, 0) is 18.8 Å². The highest BCUT2D eigenvalue weighted by molar-refractivity contribution is 5.88. The Morgan fingerprint density at radius 2 is 1.81 bits per heavy atom. The van der Waals surface area contributed by atoms with Crippen LogP contribution in [0.3, 0.4) is 0 Å². The molecule has 0 spiro atoms. The van der Waals surface area contributed by atoms with Crippen molar-refractivity contribution in [1.82, 2.24) is 30.3 Å². The summed E-state index contributed by atoms with van der Waals surface area (Å²) in [4.78, 5) is 33.4. The number of rotatable bonds is 7. The molecule has 1 aliphatic heterocycles. The third kappa shape index (κ3) is 5.79. The van der Waals surface area contributed by atoms with Crippen molar-refractivity contribution in [3.8, 4) is 0 Å². The van der Waals surface area contributed by atoms with E-state index in [0.29, 0.717) is 26.1 Å². The Morgan fingerprint density at radius 3 is 2.31 bits per heavy atom. The molecule has 2 N–H and O–H groups in total. The first kappa shape index (κ1) is 20.4. The first-order valence-electron chi connectivity index (χ1n) is 9.44. The molecular formula is C18H32N6O2. The number of nitrogens with one attached hydrogen (secondary N) is 2. The molecule has 1 fully saturated rings. The van der Waals surface area contributed by atoms with E-state index in [-0.39, 0.29) is 23.7 Å². The quantitative estimate of drug-likeness (QED) is 0.751. The summed E-state index contributed by atoms with van der Waals surface area (Å²) in [7, 11) is 0. The molecule has 8 nitrogen and oxygen atoms in total. The van der Waals surface area contributed by atoms with E-state index in [1.165, 1.54) is 0 Å². The van der Waals surface area contributed by atoms with E-state index in [4.69, 9.17) is 0 Å². The maximum absolute atomic E-state index is 12.9. The van der Waals surface area contributed by atoms with Crippen LogP contribution in [0.15, 0.2) is 0 Å². The zero-order valence-corrected chi connectivity index (χ0v) is 16.6. The molecular weight excluding hydrogens is 332 g/mol. The number of carbonyl (C=O) groups is 2. The Labute approximate surface area is 155 Å². The SMILES string of the molecule is Cc1nc(CN2CCN(C(=O)[C@@H](NC(=O)CC(C)C)C(C)C)CC2)n[nH]1. The highest BCUT2D eigenvalue weighted by atomic mass is 16.2. The number of aromatic nitrogens is 3. The van der Waals surface area contributed by atoms with Crippen molar-refractivity contribution in [3.63, 3.8) is 0 Å². The number of aryl methyl sites for hydroxylation is 1. The molecule has 0 unspecified atom stereocenters. The fourth-order valence-corrected chi connectivity index (χ4v) is 3.10. The maximum Gasteiger partial charge on any atom is 0.245 e. The van der Waals surface area contributed by atoms with E-state index in [0.717, 1.165) is 24.7 Å². The van der Waals surface area contributed by atoms with E-state index in [2.05, 4.69) is 25.4 Å². The van der Waals surface area contributed by atoms with Crippen LogP contribution in [-0.2, 0) is 16.1 Å². The predicted molar refractivity (Wildman–Crippen MR) is 99.2 cm³/mol. The number of piperazine rings is 1. The Kier molecular flexibility index (Phi) is 7.14. The Bertz CT molecular complexity index is 605. The molecule has 2 amide bonds. The van der Waals surface area contributed by atoms with Gasteiger partial charge in [-0.25, -0.2) is 4.98 Å². The summed E-state index contributed by atoms with van der Waals surface area (Å²) < 4.78 is 0. The van der Waals surface area contributed by atoms with Crippen molar-refractivity contribution < 1.29 is 9.59 Å². The van der Waals surface area contributed by atoms with Crippen molar-refractivity contribution in [2.75, 3.05) is 26.2 Å². The molecule has 1 aromatic rings. The smallest absolute Gasteiger partial charge is 0.245 e. The zero-order valence-electron chi connectivity index (χ0n) is 16.6. The molecule has 2 heterocycles. The van der Waals surface area contributed by atoms with Gasteiger partial charge in [0.1, 0.15) is 11.9 Å². The van der Waals surface area contributed by atoms with Crippen molar-refractivity contribution >= 4 is 11.8 Å². The average Bonchev–Trinajstić information content (AvgIpc) is 2.97. The highest BCUT2D eigenvalue weighted by Gasteiger charge is 2.30. The molecule has 1 saturated heterocycles. The van der Waals surface area contributed by atoms with Gasteiger partial charge in [0.2, 0.25) is 11.8 Å². The Hall–Kier alpha value is -1.96. The second kappa shape index (κ2) is 9.12. The van der Waals surface area contributed by atoms with Crippen LogP contribution in [0.2, 0.25) is 0 Å². The first-order valence-corrected chi connectivity index (χ1v) is 9.44. The molecule has 1 aliphatic rings. The molecule has 0 saturated carbocycles. The zero-order chi connectivity index (χ0) is 19.3. The summed E-state index contributed by atoms with van der Waals surface area (Å²) in [5, 5.41) is 9.95. The fourth-order valence-electron chi connectivity index (χ4n) is 3.10. The lowest BCUT2D eigenvalue weighted by molar-refractivity contribution is -0.139. The van der Waals surface area contributed by atoms with Gasteiger partial charge in [-0.3, -0.25) is 19.6 Å². The molecule has 1 atom stereocenters. The molecule has 26 heavy (non-hydrogen) atoms. The van der Waals surface area contributed by atoms with Crippen molar-refractivity contribution in [1.29, 1.82) is 0 Å². The van der Waals surface area contributed by atoms with Crippen LogP contribution in [0.4, 0.5) is 0 Å². The van der Waals surface area contributed by atoms with E-state index < -0.39 is 6.04 Å². The highest BCUT2D eigenvalue weighted by Crippen LogP contribution is 2.12. The lowest BCUT2D eigenvalue weighted by atomic mass is 10.0. The maximum atomic E-state index is 12.9. The second-order valence-electron chi connectivity index (χ2n) is 7.83. The number of hydrogen-bond donors (Lipinski definition) is 2. The summed E-state index contributed by atoms with van der Waals surface area (Å²) in [6, 6.07) is -0.455. The van der Waals surface area contributed by atoms with Crippen LogP contribution in [-0.4, -0.2) is 69.0 Å². The lowest BCUT2D eigenvalue weighted by Gasteiger charge is -2.37. The Morgan fingerprint density at radius 1 is 1.15 bits per heavy atom. The Balaban J connectivity index is 1.87. The number of aromatic amines is 1. The molecule has 0 bridgehead atoms. The minimum Gasteiger partial charge on any atom is -0.344 e. The summed E-state index contributed by atoms with van der Waals surface area (Å²) in [5.74, 6) is 1.90. The van der Waals surface area contributed by atoms with E-state index >= 15 is 0 Å². The molecule has 0 aliphatic carbocycles. The number of amides is 2. The van der Waals surface area contributed by atoms with Crippen molar-refractivity contribution in [2.45, 2.75) is 53.6 Å². The van der Waals surface area contributed by atoms with E-state index in [9.17, 15) is 9.59 Å². The third-order valence-corrected chi connectivity index (χ3v) is 4.54. The lowest BCUT2D eigenvalue weighted by Crippen LogP contribution is -2.56. The molecule has 2 rings (SSSR count). The molecule has 8 heteroatoms. The topological polar surface area (TPSA) is 94.2 Å². The fraction of sp³-hybridized carbons (Fsp3) is 0.778. The van der Waals surface area contributed by atoms with Gasteiger partial charge in [-0.2, -0.15) is 5.10 Å². The third-order valence-electron chi connectivity index (χ3n) is 4.54. The van der Waals surface area contributed by atoms with E-state index in [1.807, 2.05) is 39.5 Å². The van der Waals surface area contributed by atoms with Gasteiger partial charge in [0.15, 0.2) is 5.82 Å². The molecule has 0 radical (unpaired) electrons. The van der Waals surface area contributed by atoms with Gasteiger partial charge in [-0.1, -0.05) is 27.7 Å². The summed E-state index contributed by atoms with van der Waals surface area (Å²) in [6.07, 6.45) is 0.445. The molecule has 0 aromatic carbocycles. The normalized spacial score (nSPS) is 17.0. The first-order chi connectivity index (χ1) is 12.3. The molecule has 146 valence electrons. The number of H-pyrrole nitrogens is 1. The minimum atomic E-state index is -0.455. The molecule has 1 aromatic heterocycles. The van der Waals surface area contributed by atoms with Gasteiger partial charge in [-0.15, -0.1) is 0 Å². The van der Waals surface area contributed by atoms with Gasteiger partial charge in [0.25, 0.3) is 0 Å².